The molecule has 1 aromatic heterocycles. The van der Waals surface area contributed by atoms with Crippen molar-refractivity contribution in [3.63, 3.8) is 0 Å². The van der Waals surface area contributed by atoms with Crippen molar-refractivity contribution < 1.29 is 14.3 Å². The summed E-state index contributed by atoms with van der Waals surface area (Å²) in [4.78, 5) is 22.7. The number of rotatable bonds is 5. The van der Waals surface area contributed by atoms with Crippen LogP contribution in [-0.2, 0) is 4.79 Å². The third-order valence-electron chi connectivity index (χ3n) is 2.98. The number of anilines is 1. The Morgan fingerprint density at radius 2 is 1.95 bits per heavy atom. The van der Waals surface area contributed by atoms with Gasteiger partial charge in [0.1, 0.15) is 5.75 Å². The summed E-state index contributed by atoms with van der Waals surface area (Å²) in [6.07, 6.45) is 0. The number of aryl methyl sites for hydroxylation is 1. The summed E-state index contributed by atoms with van der Waals surface area (Å²) in [6.45, 7) is 3.55. The zero-order valence-corrected chi connectivity index (χ0v) is 11.8. The van der Waals surface area contributed by atoms with Crippen molar-refractivity contribution in [3.8, 4) is 5.75 Å². The smallest absolute Gasteiger partial charge is 0.256 e. The van der Waals surface area contributed by atoms with Crippen molar-refractivity contribution in [2.45, 2.75) is 13.8 Å². The van der Waals surface area contributed by atoms with E-state index in [9.17, 15) is 9.59 Å². The maximum absolute atomic E-state index is 12.1. The summed E-state index contributed by atoms with van der Waals surface area (Å²) in [7, 11) is 0. The van der Waals surface area contributed by atoms with Crippen molar-refractivity contribution in [2.24, 2.45) is 5.73 Å². The topological polar surface area (TPSA) is 110 Å². The minimum absolute atomic E-state index is 0.197. The average molecular weight is 288 g/mol. The van der Waals surface area contributed by atoms with Gasteiger partial charge in [0.2, 0.25) is 0 Å². The van der Waals surface area contributed by atoms with Crippen LogP contribution in [0.5, 0.6) is 5.75 Å². The summed E-state index contributed by atoms with van der Waals surface area (Å²) in [6, 6.07) is 6.39. The maximum Gasteiger partial charge on any atom is 0.256 e. The summed E-state index contributed by atoms with van der Waals surface area (Å²) >= 11 is 0. The summed E-state index contributed by atoms with van der Waals surface area (Å²) in [5.74, 6) is 0.149. The summed E-state index contributed by atoms with van der Waals surface area (Å²) in [5, 5.41) is 9.54. The lowest BCUT2D eigenvalue weighted by atomic mass is 10.2. The molecule has 0 bridgehead atoms. The van der Waals surface area contributed by atoms with Crippen LogP contribution >= 0.6 is 0 Å². The Morgan fingerprint density at radius 3 is 2.48 bits per heavy atom. The van der Waals surface area contributed by atoms with Crippen molar-refractivity contribution in [1.82, 2.24) is 10.2 Å². The highest BCUT2D eigenvalue weighted by molar-refractivity contribution is 6.04. The van der Waals surface area contributed by atoms with E-state index in [1.807, 2.05) is 13.8 Å². The SMILES string of the molecule is Cc1[nH]nc(NC(=O)c2ccc(OCC(N)=O)cc2)c1C. The molecule has 0 aliphatic carbocycles. The number of nitrogens with one attached hydrogen (secondary N) is 2. The van der Waals surface area contributed by atoms with Crippen molar-refractivity contribution in [2.75, 3.05) is 11.9 Å². The Bertz CT molecular complexity index is 661. The highest BCUT2D eigenvalue weighted by atomic mass is 16.5. The van der Waals surface area contributed by atoms with Gasteiger partial charge in [-0.3, -0.25) is 14.7 Å². The van der Waals surface area contributed by atoms with E-state index >= 15 is 0 Å². The van der Waals surface area contributed by atoms with Gasteiger partial charge in [-0.2, -0.15) is 5.10 Å². The van der Waals surface area contributed by atoms with E-state index in [-0.39, 0.29) is 12.5 Å². The Kier molecular flexibility index (Phi) is 4.22. The minimum atomic E-state index is -0.554. The van der Waals surface area contributed by atoms with Gasteiger partial charge >= 0.3 is 0 Å². The van der Waals surface area contributed by atoms with Crippen LogP contribution in [0.3, 0.4) is 0 Å². The zero-order valence-electron chi connectivity index (χ0n) is 11.8. The first kappa shape index (κ1) is 14.6. The number of H-pyrrole nitrogens is 1. The number of benzene rings is 1. The van der Waals surface area contributed by atoms with Crippen LogP contribution < -0.4 is 15.8 Å². The number of aromatic nitrogens is 2. The molecule has 0 unspecified atom stereocenters. The minimum Gasteiger partial charge on any atom is -0.484 e. The van der Waals surface area contributed by atoms with Gasteiger partial charge in [0.15, 0.2) is 12.4 Å². The number of hydrogen-bond acceptors (Lipinski definition) is 4. The van der Waals surface area contributed by atoms with E-state index in [1.54, 1.807) is 24.3 Å². The van der Waals surface area contributed by atoms with Crippen LogP contribution in [0.4, 0.5) is 5.82 Å². The Balaban J connectivity index is 2.03. The normalized spacial score (nSPS) is 10.2. The molecular formula is C14H16N4O3. The summed E-state index contributed by atoms with van der Waals surface area (Å²) in [5.41, 5.74) is 7.24. The molecule has 0 spiro atoms. The van der Waals surface area contributed by atoms with E-state index in [4.69, 9.17) is 10.5 Å². The molecule has 2 aromatic rings. The fraction of sp³-hybridized carbons (Fsp3) is 0.214. The van der Waals surface area contributed by atoms with Gasteiger partial charge in [-0.25, -0.2) is 0 Å². The fourth-order valence-corrected chi connectivity index (χ4v) is 1.64. The molecule has 110 valence electrons. The lowest BCUT2D eigenvalue weighted by Crippen LogP contribution is -2.20. The molecule has 0 radical (unpaired) electrons. The first-order valence-electron chi connectivity index (χ1n) is 6.31. The number of nitrogens with zero attached hydrogens (tertiary/aromatic N) is 1. The van der Waals surface area contributed by atoms with Crippen molar-refractivity contribution >= 4 is 17.6 Å². The van der Waals surface area contributed by atoms with Crippen molar-refractivity contribution in [3.05, 3.63) is 41.1 Å². The van der Waals surface area contributed by atoms with Crippen LogP contribution in [0, 0.1) is 13.8 Å². The third-order valence-corrected chi connectivity index (χ3v) is 2.98. The van der Waals surface area contributed by atoms with Gasteiger partial charge in [-0.05, 0) is 38.1 Å². The third kappa shape index (κ3) is 3.59. The number of amides is 2. The van der Waals surface area contributed by atoms with E-state index in [0.717, 1.165) is 11.3 Å². The largest absolute Gasteiger partial charge is 0.484 e. The fourth-order valence-electron chi connectivity index (χ4n) is 1.64. The zero-order chi connectivity index (χ0) is 15.4. The molecule has 0 saturated heterocycles. The summed E-state index contributed by atoms with van der Waals surface area (Å²) < 4.78 is 5.12. The van der Waals surface area contributed by atoms with Gasteiger partial charge in [-0.15, -0.1) is 0 Å². The second-order valence-electron chi connectivity index (χ2n) is 4.56. The molecule has 2 rings (SSSR count). The molecule has 7 heteroatoms. The quantitative estimate of drug-likeness (QED) is 0.766. The average Bonchev–Trinajstić information content (AvgIpc) is 2.77. The van der Waals surface area contributed by atoms with Gasteiger partial charge in [0, 0.05) is 16.8 Å². The van der Waals surface area contributed by atoms with E-state index < -0.39 is 5.91 Å². The second-order valence-corrected chi connectivity index (χ2v) is 4.56. The monoisotopic (exact) mass is 288 g/mol. The molecule has 7 nitrogen and oxygen atoms in total. The number of carbonyl (C=O) groups is 2. The predicted molar refractivity (Wildman–Crippen MR) is 77.1 cm³/mol. The predicted octanol–water partition coefficient (Wildman–Crippen LogP) is 1.14. The van der Waals surface area contributed by atoms with Gasteiger partial charge in [-0.1, -0.05) is 0 Å². The molecule has 1 heterocycles. The van der Waals surface area contributed by atoms with E-state index in [1.165, 1.54) is 0 Å². The highest BCUT2D eigenvalue weighted by Gasteiger charge is 2.11. The molecular weight excluding hydrogens is 272 g/mol. The van der Waals surface area contributed by atoms with Crippen LogP contribution in [-0.4, -0.2) is 28.6 Å². The highest BCUT2D eigenvalue weighted by Crippen LogP contribution is 2.16. The second kappa shape index (κ2) is 6.08. The Morgan fingerprint density at radius 1 is 1.29 bits per heavy atom. The number of nitrogens with two attached hydrogens (primary N) is 1. The van der Waals surface area contributed by atoms with Gasteiger partial charge in [0.25, 0.3) is 11.8 Å². The number of ether oxygens (including phenoxy) is 1. The van der Waals surface area contributed by atoms with Gasteiger partial charge in [0.05, 0.1) is 0 Å². The molecule has 0 atom stereocenters. The molecule has 0 saturated carbocycles. The van der Waals surface area contributed by atoms with E-state index in [0.29, 0.717) is 17.1 Å². The Hall–Kier alpha value is -2.83. The first-order chi connectivity index (χ1) is 9.97. The molecule has 4 N–H and O–H groups in total. The van der Waals surface area contributed by atoms with Crippen molar-refractivity contribution in [1.29, 1.82) is 0 Å². The van der Waals surface area contributed by atoms with Gasteiger partial charge < -0.3 is 15.8 Å². The Labute approximate surface area is 121 Å². The number of hydrogen-bond donors (Lipinski definition) is 3. The van der Waals surface area contributed by atoms with Crippen LogP contribution in [0.15, 0.2) is 24.3 Å². The van der Waals surface area contributed by atoms with E-state index in [2.05, 4.69) is 15.5 Å². The lowest BCUT2D eigenvalue weighted by molar-refractivity contribution is -0.119. The molecule has 1 aromatic carbocycles. The van der Waals surface area contributed by atoms with Crippen LogP contribution in [0.1, 0.15) is 21.6 Å². The molecule has 0 aliphatic heterocycles. The number of carbonyl (C=O) groups excluding carboxylic acids is 2. The number of aromatic amines is 1. The maximum atomic E-state index is 12.1. The standard InChI is InChI=1S/C14H16N4O3/c1-8-9(2)17-18-13(8)16-14(20)10-3-5-11(6-4-10)21-7-12(15)19/h3-6H,7H2,1-2H3,(H2,15,19)(H2,16,17,18,20). The van der Waals surface area contributed by atoms with Crippen LogP contribution in [0.2, 0.25) is 0 Å². The van der Waals surface area contributed by atoms with Crippen LogP contribution in [0.25, 0.3) is 0 Å². The lowest BCUT2D eigenvalue weighted by Gasteiger charge is -2.06. The molecule has 0 aliphatic rings. The number of primary amides is 1. The molecule has 0 fully saturated rings. The first-order valence-corrected chi connectivity index (χ1v) is 6.31. The molecule has 21 heavy (non-hydrogen) atoms. The molecule has 2 amide bonds.